The van der Waals surface area contributed by atoms with Gasteiger partial charge in [-0.2, -0.15) is 0 Å². The van der Waals surface area contributed by atoms with Crippen molar-refractivity contribution in [1.82, 2.24) is 5.32 Å². The lowest BCUT2D eigenvalue weighted by molar-refractivity contribution is -0.385. The van der Waals surface area contributed by atoms with Crippen LogP contribution in [0.25, 0.3) is 0 Å². The minimum Gasteiger partial charge on any atom is -0.350 e. The number of amides is 1. The molecule has 7 heteroatoms. The van der Waals surface area contributed by atoms with E-state index in [1.54, 1.807) is 0 Å². The zero-order valence-electron chi connectivity index (χ0n) is 11.6. The number of carbonyl (C=O) groups excluding carboxylic acids is 1. The largest absolute Gasteiger partial charge is 0.350 e. The molecule has 21 heavy (non-hydrogen) atoms. The Kier molecular flexibility index (Phi) is 4.52. The van der Waals surface area contributed by atoms with Gasteiger partial charge in [-0.15, -0.1) is 0 Å². The van der Waals surface area contributed by atoms with Crippen molar-refractivity contribution < 1.29 is 14.1 Å². The maximum absolute atomic E-state index is 13.7. The second kappa shape index (κ2) is 6.17. The first-order valence-corrected chi connectivity index (χ1v) is 6.92. The summed E-state index contributed by atoms with van der Waals surface area (Å²) in [5, 5.41) is 13.2. The number of nitrogens with one attached hydrogen (secondary N) is 1. The molecule has 114 valence electrons. The molecule has 0 atom stereocenters. The minimum atomic E-state index is -0.906. The van der Waals surface area contributed by atoms with Gasteiger partial charge in [0.05, 0.1) is 16.6 Å². The van der Waals surface area contributed by atoms with Crippen LogP contribution < -0.4 is 11.1 Å². The smallest absolute Gasteiger partial charge is 0.272 e. The summed E-state index contributed by atoms with van der Waals surface area (Å²) in [6.07, 6.45) is 4.85. The highest BCUT2D eigenvalue weighted by Gasteiger charge is 2.28. The molecule has 0 saturated heterocycles. The summed E-state index contributed by atoms with van der Waals surface area (Å²) in [6.45, 7) is 0.280. The monoisotopic (exact) mass is 295 g/mol. The molecule has 0 aromatic heterocycles. The number of nitro groups is 1. The Labute approximate surface area is 121 Å². The van der Waals surface area contributed by atoms with Crippen LogP contribution in [0.1, 0.15) is 42.5 Å². The zero-order valence-corrected chi connectivity index (χ0v) is 11.6. The van der Waals surface area contributed by atoms with Gasteiger partial charge < -0.3 is 11.1 Å². The predicted octanol–water partition coefficient (Wildman–Crippen LogP) is 2.13. The molecule has 3 N–H and O–H groups in total. The highest BCUT2D eigenvalue weighted by Crippen LogP contribution is 2.25. The summed E-state index contributed by atoms with van der Waals surface area (Å²) in [5.41, 5.74) is 5.16. The second-order valence-electron chi connectivity index (χ2n) is 5.53. The lowest BCUT2D eigenvalue weighted by atomic mass is 9.82. The number of rotatable bonds is 4. The first-order valence-electron chi connectivity index (χ1n) is 6.92. The van der Waals surface area contributed by atoms with Crippen molar-refractivity contribution >= 4 is 11.6 Å². The molecule has 0 unspecified atom stereocenters. The van der Waals surface area contributed by atoms with Gasteiger partial charge in [-0.1, -0.05) is 19.3 Å². The summed E-state index contributed by atoms with van der Waals surface area (Å²) in [7, 11) is 0. The van der Waals surface area contributed by atoms with Crippen LogP contribution in [0.4, 0.5) is 10.1 Å². The molecule has 1 amide bonds. The van der Waals surface area contributed by atoms with Crippen molar-refractivity contribution in [3.8, 4) is 0 Å². The summed E-state index contributed by atoms with van der Waals surface area (Å²) >= 11 is 0. The summed E-state index contributed by atoms with van der Waals surface area (Å²) in [4.78, 5) is 21.8. The number of benzene rings is 1. The van der Waals surface area contributed by atoms with Crippen molar-refractivity contribution in [3.05, 3.63) is 39.7 Å². The molecule has 2 rings (SSSR count). The molecule has 0 radical (unpaired) electrons. The van der Waals surface area contributed by atoms with Gasteiger partial charge in [0.1, 0.15) is 5.82 Å². The Balaban J connectivity index is 2.01. The minimum absolute atomic E-state index is 0.208. The highest BCUT2D eigenvalue weighted by molar-refractivity contribution is 5.94. The first kappa shape index (κ1) is 15.4. The molecule has 6 nitrogen and oxygen atoms in total. The van der Waals surface area contributed by atoms with E-state index in [4.69, 9.17) is 5.73 Å². The molecular weight excluding hydrogens is 277 g/mol. The molecule has 1 saturated carbocycles. The molecule has 1 aromatic carbocycles. The second-order valence-corrected chi connectivity index (χ2v) is 5.53. The molecule has 1 aliphatic rings. The third-order valence-electron chi connectivity index (χ3n) is 3.86. The Morgan fingerprint density at radius 3 is 2.62 bits per heavy atom. The number of non-ortho nitro benzene ring substituents is 1. The number of nitrogens with two attached hydrogens (primary N) is 1. The predicted molar refractivity (Wildman–Crippen MR) is 75.4 cm³/mol. The standard InChI is InChI=1S/C14H18FN3O3/c15-12-8-10(18(20)21)4-5-11(12)13(19)17-9-14(16)6-2-1-3-7-14/h4-5,8H,1-3,6-7,9,16H2,(H,17,19). The number of nitro benzene ring substituents is 1. The van der Waals surface area contributed by atoms with Crippen molar-refractivity contribution in [2.75, 3.05) is 6.54 Å². The third kappa shape index (κ3) is 3.75. The third-order valence-corrected chi connectivity index (χ3v) is 3.86. The van der Waals surface area contributed by atoms with Gasteiger partial charge >= 0.3 is 0 Å². The molecule has 0 bridgehead atoms. The van der Waals surface area contributed by atoms with E-state index in [0.29, 0.717) is 0 Å². The van der Waals surface area contributed by atoms with Crippen LogP contribution in [-0.2, 0) is 0 Å². The summed E-state index contributed by atoms with van der Waals surface area (Å²) in [6, 6.07) is 2.97. The van der Waals surface area contributed by atoms with Crippen LogP contribution >= 0.6 is 0 Å². The highest BCUT2D eigenvalue weighted by atomic mass is 19.1. The molecular formula is C14H18FN3O3. The van der Waals surface area contributed by atoms with Crippen LogP contribution in [0, 0.1) is 15.9 Å². The van der Waals surface area contributed by atoms with Crippen LogP contribution in [0.5, 0.6) is 0 Å². The van der Waals surface area contributed by atoms with Crippen molar-refractivity contribution in [2.24, 2.45) is 5.73 Å². The van der Waals surface area contributed by atoms with Gasteiger partial charge in [0.2, 0.25) is 0 Å². The molecule has 0 spiro atoms. The number of carbonyl (C=O) groups is 1. The Morgan fingerprint density at radius 2 is 2.05 bits per heavy atom. The van der Waals surface area contributed by atoms with E-state index in [2.05, 4.69) is 5.32 Å². The number of hydrogen-bond donors (Lipinski definition) is 2. The first-order chi connectivity index (χ1) is 9.91. The van der Waals surface area contributed by atoms with Crippen LogP contribution in [-0.4, -0.2) is 22.9 Å². The van der Waals surface area contributed by atoms with Gasteiger partial charge in [-0.05, 0) is 18.9 Å². The van der Waals surface area contributed by atoms with Crippen molar-refractivity contribution in [3.63, 3.8) is 0 Å². The number of halogens is 1. The summed E-state index contributed by atoms with van der Waals surface area (Å²) in [5.74, 6) is -1.51. The summed E-state index contributed by atoms with van der Waals surface area (Å²) < 4.78 is 13.7. The maximum Gasteiger partial charge on any atom is 0.272 e. The van der Waals surface area contributed by atoms with E-state index in [0.717, 1.165) is 50.3 Å². The van der Waals surface area contributed by atoms with E-state index >= 15 is 0 Å². The van der Waals surface area contributed by atoms with E-state index in [9.17, 15) is 19.3 Å². The van der Waals surface area contributed by atoms with Crippen LogP contribution in [0.3, 0.4) is 0 Å². The average molecular weight is 295 g/mol. The fraction of sp³-hybridized carbons (Fsp3) is 0.500. The van der Waals surface area contributed by atoms with Crippen molar-refractivity contribution in [2.45, 2.75) is 37.6 Å². The van der Waals surface area contributed by atoms with E-state index in [1.807, 2.05) is 0 Å². The van der Waals surface area contributed by atoms with E-state index in [-0.39, 0.29) is 17.8 Å². The fourth-order valence-corrected chi connectivity index (χ4v) is 2.59. The van der Waals surface area contributed by atoms with Crippen molar-refractivity contribution in [1.29, 1.82) is 0 Å². The number of nitrogens with zero attached hydrogens (tertiary/aromatic N) is 1. The van der Waals surface area contributed by atoms with Gasteiger partial charge in [-0.25, -0.2) is 4.39 Å². The topological polar surface area (TPSA) is 98.3 Å². The molecule has 1 aromatic rings. The lowest BCUT2D eigenvalue weighted by Crippen LogP contribution is -2.51. The van der Waals surface area contributed by atoms with Gasteiger partial charge in [0.15, 0.2) is 0 Å². The normalized spacial score (nSPS) is 17.2. The SMILES string of the molecule is NC1(CNC(=O)c2ccc([N+](=O)[O-])cc2F)CCCCC1. The lowest BCUT2D eigenvalue weighted by Gasteiger charge is -2.33. The maximum atomic E-state index is 13.7. The van der Waals surface area contributed by atoms with E-state index < -0.39 is 22.2 Å². The van der Waals surface area contributed by atoms with Gasteiger partial charge in [-0.3, -0.25) is 14.9 Å². The number of hydrogen-bond acceptors (Lipinski definition) is 4. The molecule has 0 heterocycles. The Morgan fingerprint density at radius 1 is 1.38 bits per heavy atom. The zero-order chi connectivity index (χ0) is 15.5. The fourth-order valence-electron chi connectivity index (χ4n) is 2.59. The molecule has 0 aliphatic heterocycles. The van der Waals surface area contributed by atoms with Gasteiger partial charge in [0.25, 0.3) is 11.6 Å². The van der Waals surface area contributed by atoms with Gasteiger partial charge in [0, 0.05) is 18.2 Å². The molecule has 1 aliphatic carbocycles. The Hall–Kier alpha value is -2.02. The quantitative estimate of drug-likeness (QED) is 0.656. The van der Waals surface area contributed by atoms with E-state index in [1.165, 1.54) is 0 Å². The Bertz CT molecular complexity index is 556. The van der Waals surface area contributed by atoms with Crippen LogP contribution in [0.2, 0.25) is 0 Å². The molecule has 1 fully saturated rings. The van der Waals surface area contributed by atoms with Crippen LogP contribution in [0.15, 0.2) is 18.2 Å². The average Bonchev–Trinajstić information content (AvgIpc) is 2.45.